The van der Waals surface area contributed by atoms with Crippen LogP contribution in [-0.4, -0.2) is 22.8 Å². The summed E-state index contributed by atoms with van der Waals surface area (Å²) in [5.74, 6) is 1.27. The number of hydrogen-bond donors (Lipinski definition) is 0. The Morgan fingerprint density at radius 2 is 2.12 bits per heavy atom. The molecular formula is C17H23N3O4Si. The van der Waals surface area contributed by atoms with Crippen LogP contribution in [0.15, 0.2) is 24.4 Å². The van der Waals surface area contributed by atoms with Crippen molar-refractivity contribution in [2.24, 2.45) is 0 Å². The van der Waals surface area contributed by atoms with Crippen molar-refractivity contribution in [3.8, 4) is 11.4 Å². The van der Waals surface area contributed by atoms with Crippen LogP contribution in [0.4, 0.5) is 5.69 Å². The number of aromatic nitrogens is 2. The van der Waals surface area contributed by atoms with Gasteiger partial charge in [-0.3, -0.25) is 14.7 Å². The minimum Gasteiger partial charge on any atom is -0.483 e. The molecule has 3 rings (SSSR count). The van der Waals surface area contributed by atoms with Crippen molar-refractivity contribution >= 4 is 14.0 Å². The van der Waals surface area contributed by atoms with Gasteiger partial charge in [-0.2, -0.15) is 0 Å². The Bertz CT molecular complexity index is 824. The Morgan fingerprint density at radius 3 is 2.76 bits per heavy atom. The van der Waals surface area contributed by atoms with Gasteiger partial charge in [0.05, 0.1) is 29.0 Å². The van der Waals surface area contributed by atoms with Crippen LogP contribution in [0.3, 0.4) is 0 Å². The Hall–Kier alpha value is -2.19. The zero-order valence-corrected chi connectivity index (χ0v) is 16.2. The summed E-state index contributed by atoms with van der Waals surface area (Å²) in [4.78, 5) is 15.1. The summed E-state index contributed by atoms with van der Waals surface area (Å²) in [6.45, 7) is 11.8. The van der Waals surface area contributed by atoms with Crippen LogP contribution in [0.5, 0.6) is 5.75 Å². The molecule has 2 heterocycles. The number of ether oxygens (including phenoxy) is 1. The molecule has 25 heavy (non-hydrogen) atoms. The highest BCUT2D eigenvalue weighted by molar-refractivity contribution is 6.74. The van der Waals surface area contributed by atoms with Crippen LogP contribution >= 0.6 is 0 Å². The molecule has 0 bridgehead atoms. The molecular weight excluding hydrogens is 338 g/mol. The van der Waals surface area contributed by atoms with Gasteiger partial charge < -0.3 is 9.16 Å². The number of imidazole rings is 1. The van der Waals surface area contributed by atoms with Gasteiger partial charge in [-0.25, -0.2) is 4.98 Å². The Morgan fingerprint density at radius 1 is 1.40 bits per heavy atom. The molecule has 0 radical (unpaired) electrons. The van der Waals surface area contributed by atoms with E-state index in [1.165, 1.54) is 12.1 Å². The van der Waals surface area contributed by atoms with Gasteiger partial charge in [0, 0.05) is 12.3 Å². The topological polar surface area (TPSA) is 79.4 Å². The van der Waals surface area contributed by atoms with Crippen LogP contribution in [0, 0.1) is 10.1 Å². The first-order valence-electron chi connectivity index (χ1n) is 8.21. The summed E-state index contributed by atoms with van der Waals surface area (Å²) in [7, 11) is -1.85. The van der Waals surface area contributed by atoms with Crippen molar-refractivity contribution in [2.75, 3.05) is 0 Å². The molecule has 0 aliphatic carbocycles. The molecule has 0 atom stereocenters. The molecule has 0 saturated heterocycles. The zero-order chi connectivity index (χ0) is 18.4. The molecule has 7 nitrogen and oxygen atoms in total. The fraction of sp³-hybridized carbons (Fsp3) is 0.471. The van der Waals surface area contributed by atoms with Gasteiger partial charge in [0.2, 0.25) is 0 Å². The van der Waals surface area contributed by atoms with E-state index in [9.17, 15) is 10.1 Å². The third-order valence-corrected chi connectivity index (χ3v) is 9.46. The van der Waals surface area contributed by atoms with Gasteiger partial charge in [-0.1, -0.05) is 20.8 Å². The van der Waals surface area contributed by atoms with E-state index >= 15 is 0 Å². The third kappa shape index (κ3) is 3.31. The van der Waals surface area contributed by atoms with Crippen molar-refractivity contribution in [2.45, 2.75) is 52.1 Å². The number of rotatable bonds is 4. The molecule has 1 aromatic carbocycles. The van der Waals surface area contributed by atoms with Gasteiger partial charge >= 0.3 is 0 Å². The number of nitrogens with zero attached hydrogens (tertiary/aromatic N) is 3. The zero-order valence-electron chi connectivity index (χ0n) is 15.2. The summed E-state index contributed by atoms with van der Waals surface area (Å²) < 4.78 is 13.8. The second-order valence-corrected chi connectivity index (χ2v) is 12.6. The number of hydrogen-bond acceptors (Lipinski definition) is 5. The molecule has 1 aliphatic heterocycles. The fourth-order valence-electron chi connectivity index (χ4n) is 2.40. The van der Waals surface area contributed by atoms with E-state index in [2.05, 4.69) is 38.8 Å². The number of benzene rings is 1. The van der Waals surface area contributed by atoms with Crippen molar-refractivity contribution in [1.29, 1.82) is 0 Å². The maximum Gasteiger partial charge on any atom is 0.273 e. The Balaban J connectivity index is 1.84. The van der Waals surface area contributed by atoms with Gasteiger partial charge in [-0.05, 0) is 24.2 Å². The lowest BCUT2D eigenvalue weighted by molar-refractivity contribution is -0.384. The predicted octanol–water partition coefficient (Wildman–Crippen LogP) is 4.19. The van der Waals surface area contributed by atoms with Gasteiger partial charge in [0.15, 0.2) is 19.9 Å². The van der Waals surface area contributed by atoms with Crippen molar-refractivity contribution in [1.82, 2.24) is 9.55 Å². The summed E-state index contributed by atoms with van der Waals surface area (Å²) in [5, 5.41) is 11.1. The average Bonchev–Trinajstić information content (AvgIpc) is 2.94. The molecule has 1 aromatic heterocycles. The summed E-state index contributed by atoms with van der Waals surface area (Å²) in [6, 6.07) is 4.61. The second-order valence-electron chi connectivity index (χ2n) is 7.77. The van der Waals surface area contributed by atoms with Crippen molar-refractivity contribution in [3.63, 3.8) is 0 Å². The quantitative estimate of drug-likeness (QED) is 0.463. The summed E-state index contributed by atoms with van der Waals surface area (Å²) in [5.41, 5.74) is 1.62. The van der Waals surface area contributed by atoms with Crippen LogP contribution in [0.25, 0.3) is 5.69 Å². The number of nitro groups is 1. The van der Waals surface area contributed by atoms with E-state index in [1.807, 2.05) is 10.8 Å². The lowest BCUT2D eigenvalue weighted by Gasteiger charge is -2.35. The molecule has 2 aromatic rings. The van der Waals surface area contributed by atoms with E-state index < -0.39 is 13.2 Å². The average molecular weight is 361 g/mol. The van der Waals surface area contributed by atoms with E-state index in [4.69, 9.17) is 9.16 Å². The van der Waals surface area contributed by atoms with E-state index in [0.29, 0.717) is 12.4 Å². The van der Waals surface area contributed by atoms with Crippen LogP contribution in [0.1, 0.15) is 32.3 Å². The van der Waals surface area contributed by atoms with Gasteiger partial charge in [-0.15, -0.1) is 0 Å². The first-order chi connectivity index (χ1) is 11.6. The standard InChI is InChI=1S/C17H23N3O4Si/c1-17(2,3)25(4,5)24-10-12-9-19-14-7-6-13(20(21)22)8-15(14)23-11-16(19)18-12/h6-9H,10-11H2,1-5H3. The van der Waals surface area contributed by atoms with Gasteiger partial charge in [0.1, 0.15) is 6.61 Å². The highest BCUT2D eigenvalue weighted by Crippen LogP contribution is 2.37. The number of fused-ring (bicyclic) bond motifs is 3. The largest absolute Gasteiger partial charge is 0.483 e. The van der Waals surface area contributed by atoms with Crippen LogP contribution in [0.2, 0.25) is 18.1 Å². The molecule has 0 amide bonds. The maximum atomic E-state index is 10.9. The highest BCUT2D eigenvalue weighted by atomic mass is 28.4. The van der Waals surface area contributed by atoms with E-state index in [1.54, 1.807) is 6.07 Å². The smallest absolute Gasteiger partial charge is 0.273 e. The fourth-order valence-corrected chi connectivity index (χ4v) is 3.34. The normalized spacial score (nSPS) is 13.8. The Kier molecular flexibility index (Phi) is 4.20. The van der Waals surface area contributed by atoms with Crippen LogP contribution in [-0.2, 0) is 17.6 Å². The molecule has 0 saturated carbocycles. The van der Waals surface area contributed by atoms with E-state index in [0.717, 1.165) is 17.2 Å². The summed E-state index contributed by atoms with van der Waals surface area (Å²) >= 11 is 0. The Labute approximate surface area is 147 Å². The highest BCUT2D eigenvalue weighted by Gasteiger charge is 2.37. The molecule has 0 spiro atoms. The molecule has 0 unspecified atom stereocenters. The first kappa shape index (κ1) is 17.6. The SMILES string of the molecule is CC(C)(C)[Si](C)(C)OCc1cn2c(n1)COc1cc([N+](=O)[O-])ccc1-2. The molecule has 0 N–H and O–H groups in total. The van der Waals surface area contributed by atoms with Gasteiger partial charge in [0.25, 0.3) is 5.69 Å². The lowest BCUT2D eigenvalue weighted by atomic mass is 10.2. The summed E-state index contributed by atoms with van der Waals surface area (Å²) in [6.07, 6.45) is 1.93. The third-order valence-electron chi connectivity index (χ3n) is 4.99. The second kappa shape index (κ2) is 5.96. The predicted molar refractivity (Wildman–Crippen MR) is 96.5 cm³/mol. The first-order valence-corrected chi connectivity index (χ1v) is 11.1. The number of non-ortho nitro benzene ring substituents is 1. The van der Waals surface area contributed by atoms with Crippen LogP contribution < -0.4 is 4.74 Å². The van der Waals surface area contributed by atoms with Crippen molar-refractivity contribution in [3.05, 3.63) is 46.0 Å². The minimum atomic E-state index is -1.85. The maximum absolute atomic E-state index is 10.9. The molecule has 134 valence electrons. The molecule has 1 aliphatic rings. The van der Waals surface area contributed by atoms with E-state index in [-0.39, 0.29) is 17.3 Å². The number of nitro benzene ring substituents is 1. The minimum absolute atomic E-state index is 0.0174. The molecule has 0 fully saturated rings. The lowest BCUT2D eigenvalue weighted by Crippen LogP contribution is -2.40. The van der Waals surface area contributed by atoms with Crippen molar-refractivity contribution < 1.29 is 14.1 Å². The molecule has 8 heteroatoms. The monoisotopic (exact) mass is 361 g/mol.